The number of sulfonamides is 1. The number of nitrogens with one attached hydrogen (secondary N) is 1. The van der Waals surface area contributed by atoms with Crippen LogP contribution in [-0.4, -0.2) is 24.9 Å². The van der Waals surface area contributed by atoms with Gasteiger partial charge >= 0.3 is 0 Å². The maximum atomic E-state index is 12.0. The minimum absolute atomic E-state index is 0.0114. The average Bonchev–Trinajstić information content (AvgIpc) is 2.70. The topological polar surface area (TPSA) is 80.3 Å². The highest BCUT2D eigenvalue weighted by molar-refractivity contribution is 9.10. The number of benzene rings is 1. The molecule has 1 N–H and O–H groups in total. The third-order valence-electron chi connectivity index (χ3n) is 3.24. The van der Waals surface area contributed by atoms with E-state index in [-0.39, 0.29) is 15.5 Å². The number of carbonyl (C=O) groups is 2. The molecule has 2 atom stereocenters. The Balaban J connectivity index is 2.14. The summed E-state index contributed by atoms with van der Waals surface area (Å²) in [4.78, 5) is 23.3. The molecule has 1 aromatic rings. The van der Waals surface area contributed by atoms with Gasteiger partial charge in [-0.3, -0.25) is 9.59 Å². The van der Waals surface area contributed by atoms with Crippen molar-refractivity contribution in [2.24, 2.45) is 5.92 Å². The predicted molar refractivity (Wildman–Crippen MR) is 77.0 cm³/mol. The lowest BCUT2D eigenvalue weighted by Crippen LogP contribution is -2.38. The molecule has 1 saturated carbocycles. The lowest BCUT2D eigenvalue weighted by atomic mass is 10.1. The first-order valence-corrected chi connectivity index (χ1v) is 8.52. The van der Waals surface area contributed by atoms with Crippen LogP contribution < -0.4 is 4.72 Å². The summed E-state index contributed by atoms with van der Waals surface area (Å²) in [6, 6.07) is 6.14. The number of aryl methyl sites for hydroxylation is 1. The molecule has 2 rings (SSSR count). The molecule has 1 aromatic carbocycles. The van der Waals surface area contributed by atoms with Crippen molar-refractivity contribution in [3.8, 4) is 0 Å². The fourth-order valence-electron chi connectivity index (χ4n) is 2.06. The normalized spacial score (nSPS) is 22.8. The summed E-state index contributed by atoms with van der Waals surface area (Å²) in [5.74, 6) is -1.90. The monoisotopic (exact) mass is 359 g/mol. The van der Waals surface area contributed by atoms with Gasteiger partial charge in [0.1, 0.15) is 0 Å². The van der Waals surface area contributed by atoms with Crippen LogP contribution in [0.15, 0.2) is 29.2 Å². The maximum Gasteiger partial charge on any atom is 0.264 e. The number of Topliss-reactive ketones (excluding diaryl/α,β-unsaturated/α-hetero) is 1. The van der Waals surface area contributed by atoms with Crippen molar-refractivity contribution in [3.05, 3.63) is 29.8 Å². The fourth-order valence-corrected chi connectivity index (χ4v) is 3.66. The maximum absolute atomic E-state index is 12.0. The van der Waals surface area contributed by atoms with E-state index in [1.807, 2.05) is 11.6 Å². The van der Waals surface area contributed by atoms with E-state index in [0.717, 1.165) is 5.56 Å². The molecular formula is C13H14BrNO4S. The van der Waals surface area contributed by atoms with Gasteiger partial charge in [-0.1, -0.05) is 33.6 Å². The summed E-state index contributed by atoms with van der Waals surface area (Å²) in [6.07, 6.45) is 0.908. The molecule has 1 fully saturated rings. The van der Waals surface area contributed by atoms with Gasteiger partial charge in [-0.25, -0.2) is 13.1 Å². The molecule has 7 heteroatoms. The van der Waals surface area contributed by atoms with Crippen LogP contribution in [0.2, 0.25) is 0 Å². The highest BCUT2D eigenvalue weighted by Gasteiger charge is 2.38. The molecule has 108 valence electrons. The number of rotatable bonds is 3. The van der Waals surface area contributed by atoms with E-state index in [9.17, 15) is 18.0 Å². The van der Waals surface area contributed by atoms with Gasteiger partial charge in [-0.05, 0) is 31.9 Å². The Bertz CT molecular complexity index is 639. The Kier molecular flexibility index (Phi) is 4.29. The molecule has 2 unspecified atom stereocenters. The molecule has 1 aliphatic carbocycles. The van der Waals surface area contributed by atoms with Gasteiger partial charge in [0.25, 0.3) is 10.0 Å². The standard InChI is InChI=1S/C13H14BrNO4S/c1-8-2-4-9(5-3-8)20(18,19)15-13(17)10-6-7-11(14)12(10)16/h2-5,10-11H,6-7H2,1H3,(H,15,17). The number of alkyl halides is 1. The van der Waals surface area contributed by atoms with Crippen LogP contribution in [0.1, 0.15) is 18.4 Å². The SMILES string of the molecule is Cc1ccc(S(=O)(=O)NC(=O)C2CCC(Br)C2=O)cc1. The molecule has 0 spiro atoms. The number of hydrogen-bond acceptors (Lipinski definition) is 4. The number of hydrogen-bond donors (Lipinski definition) is 1. The first-order valence-electron chi connectivity index (χ1n) is 6.12. The second kappa shape index (κ2) is 5.65. The van der Waals surface area contributed by atoms with Gasteiger partial charge in [0.15, 0.2) is 5.78 Å². The van der Waals surface area contributed by atoms with Gasteiger partial charge in [0, 0.05) is 0 Å². The van der Waals surface area contributed by atoms with E-state index in [0.29, 0.717) is 12.8 Å². The minimum atomic E-state index is -3.92. The van der Waals surface area contributed by atoms with Gasteiger partial charge in [-0.2, -0.15) is 0 Å². The molecule has 1 aliphatic rings. The number of halogens is 1. The summed E-state index contributed by atoms with van der Waals surface area (Å²) < 4.78 is 26.1. The van der Waals surface area contributed by atoms with Gasteiger partial charge in [0.05, 0.1) is 15.6 Å². The molecule has 20 heavy (non-hydrogen) atoms. The number of carbonyl (C=O) groups excluding carboxylic acids is 2. The Labute approximate surface area is 125 Å². The van der Waals surface area contributed by atoms with E-state index >= 15 is 0 Å². The second-order valence-corrected chi connectivity index (χ2v) is 7.57. The van der Waals surface area contributed by atoms with Crippen molar-refractivity contribution < 1.29 is 18.0 Å². The molecule has 5 nitrogen and oxygen atoms in total. The van der Waals surface area contributed by atoms with Gasteiger partial charge in [-0.15, -0.1) is 0 Å². The molecular weight excluding hydrogens is 346 g/mol. The second-order valence-electron chi connectivity index (χ2n) is 4.78. The largest absolute Gasteiger partial charge is 0.298 e. The molecule has 0 aromatic heterocycles. The number of amides is 1. The third kappa shape index (κ3) is 3.09. The Morgan fingerprint density at radius 3 is 2.35 bits per heavy atom. The van der Waals surface area contributed by atoms with E-state index in [2.05, 4.69) is 15.9 Å². The lowest BCUT2D eigenvalue weighted by Gasteiger charge is -2.10. The van der Waals surface area contributed by atoms with Crippen molar-refractivity contribution in [1.82, 2.24) is 4.72 Å². The first kappa shape index (κ1) is 15.2. The molecule has 0 aliphatic heterocycles. The van der Waals surface area contributed by atoms with Crippen LogP contribution in [0.3, 0.4) is 0 Å². The van der Waals surface area contributed by atoms with Crippen LogP contribution in [0.4, 0.5) is 0 Å². The summed E-state index contributed by atoms with van der Waals surface area (Å²) in [6.45, 7) is 1.84. The Morgan fingerprint density at radius 1 is 1.25 bits per heavy atom. The summed E-state index contributed by atoms with van der Waals surface area (Å²) in [5, 5.41) is 0. The van der Waals surface area contributed by atoms with Crippen LogP contribution in [-0.2, 0) is 19.6 Å². The summed E-state index contributed by atoms with van der Waals surface area (Å²) >= 11 is 3.17. The molecule has 0 saturated heterocycles. The van der Waals surface area contributed by atoms with Crippen LogP contribution in [0.25, 0.3) is 0 Å². The third-order valence-corrected chi connectivity index (χ3v) is 5.52. The van der Waals surface area contributed by atoms with Gasteiger partial charge in [0.2, 0.25) is 5.91 Å². The highest BCUT2D eigenvalue weighted by atomic mass is 79.9. The summed E-state index contributed by atoms with van der Waals surface area (Å²) in [5.41, 5.74) is 0.920. The van der Waals surface area contributed by atoms with E-state index < -0.39 is 21.8 Å². The van der Waals surface area contributed by atoms with Crippen LogP contribution in [0.5, 0.6) is 0 Å². The van der Waals surface area contributed by atoms with Crippen molar-refractivity contribution in [3.63, 3.8) is 0 Å². The Hall–Kier alpha value is -1.21. The van der Waals surface area contributed by atoms with E-state index in [1.165, 1.54) is 12.1 Å². The smallest absolute Gasteiger partial charge is 0.264 e. The van der Waals surface area contributed by atoms with Crippen LogP contribution >= 0.6 is 15.9 Å². The number of ketones is 1. The zero-order chi connectivity index (χ0) is 14.9. The minimum Gasteiger partial charge on any atom is -0.298 e. The predicted octanol–water partition coefficient (Wildman–Crippen LogP) is 1.54. The van der Waals surface area contributed by atoms with Crippen molar-refractivity contribution in [2.75, 3.05) is 0 Å². The zero-order valence-corrected chi connectivity index (χ0v) is 13.2. The van der Waals surface area contributed by atoms with E-state index in [4.69, 9.17) is 0 Å². The highest BCUT2D eigenvalue weighted by Crippen LogP contribution is 2.27. The van der Waals surface area contributed by atoms with Crippen molar-refractivity contribution >= 4 is 37.6 Å². The zero-order valence-electron chi connectivity index (χ0n) is 10.8. The molecule has 0 bridgehead atoms. The fraction of sp³-hybridized carbons (Fsp3) is 0.385. The van der Waals surface area contributed by atoms with E-state index in [1.54, 1.807) is 12.1 Å². The van der Waals surface area contributed by atoms with Crippen LogP contribution in [0, 0.1) is 12.8 Å². The molecule has 0 radical (unpaired) electrons. The summed E-state index contributed by atoms with van der Waals surface area (Å²) in [7, 11) is -3.92. The van der Waals surface area contributed by atoms with Crippen molar-refractivity contribution in [2.45, 2.75) is 29.5 Å². The lowest BCUT2D eigenvalue weighted by molar-refractivity contribution is -0.130. The van der Waals surface area contributed by atoms with Crippen molar-refractivity contribution in [1.29, 1.82) is 0 Å². The molecule has 1 amide bonds. The average molecular weight is 360 g/mol. The molecule has 0 heterocycles. The first-order chi connectivity index (χ1) is 9.31. The van der Waals surface area contributed by atoms with Gasteiger partial charge < -0.3 is 0 Å². The Morgan fingerprint density at radius 2 is 1.85 bits per heavy atom. The quantitative estimate of drug-likeness (QED) is 0.655.